The summed E-state index contributed by atoms with van der Waals surface area (Å²) in [4.78, 5) is 17.6. The second kappa shape index (κ2) is 7.50. The van der Waals surface area contributed by atoms with Crippen LogP contribution in [-0.2, 0) is 19.4 Å². The Hall–Kier alpha value is -1.98. The summed E-state index contributed by atoms with van der Waals surface area (Å²) in [5.74, 6) is 0. The van der Waals surface area contributed by atoms with Gasteiger partial charge >= 0.3 is 0 Å². The van der Waals surface area contributed by atoms with Crippen molar-refractivity contribution in [3.05, 3.63) is 69.7 Å². The first-order valence-corrected chi connectivity index (χ1v) is 9.90. The fourth-order valence-electron chi connectivity index (χ4n) is 3.60. The van der Waals surface area contributed by atoms with Crippen LogP contribution in [0.25, 0.3) is 0 Å². The number of aryl methyl sites for hydroxylation is 1. The first-order chi connectivity index (χ1) is 12.3. The molecule has 0 spiro atoms. The second-order valence-corrected chi connectivity index (χ2v) is 7.89. The molecule has 0 unspecified atom stereocenters. The van der Waals surface area contributed by atoms with Gasteiger partial charge in [0.1, 0.15) is 0 Å². The van der Waals surface area contributed by atoms with E-state index < -0.39 is 0 Å². The molecule has 0 radical (unpaired) electrons. The minimum atomic E-state index is 0.208. The van der Waals surface area contributed by atoms with E-state index in [1.165, 1.54) is 46.0 Å². The molecule has 1 aliphatic rings. The van der Waals surface area contributed by atoms with Gasteiger partial charge in [0.15, 0.2) is 0 Å². The van der Waals surface area contributed by atoms with Gasteiger partial charge in [-0.2, -0.15) is 0 Å². The van der Waals surface area contributed by atoms with Gasteiger partial charge < -0.3 is 4.98 Å². The van der Waals surface area contributed by atoms with E-state index in [2.05, 4.69) is 51.0 Å². The summed E-state index contributed by atoms with van der Waals surface area (Å²) in [6.07, 6.45) is 10.4. The number of hydrogen-bond acceptors (Lipinski definition) is 4. The molecule has 0 aliphatic carbocycles. The lowest BCUT2D eigenvalue weighted by molar-refractivity contribution is 0.202. The number of imidazole rings is 1. The summed E-state index contributed by atoms with van der Waals surface area (Å²) in [6.45, 7) is 4.28. The number of thiophene rings is 1. The standard InChI is InChI=1S/C20H24N4S/c1-2-3-4-16-5-6-17(25-16)13-24-12-9-18-19(23-14-22-18)20(24)15-7-10-21-11-8-15/h5-8,10-11,14,20H,2-4,9,12-13H2,1H3,(H,22,23)/t20-/m1/s1. The van der Waals surface area contributed by atoms with Crippen LogP contribution < -0.4 is 0 Å². The monoisotopic (exact) mass is 352 g/mol. The van der Waals surface area contributed by atoms with Crippen LogP contribution in [0.15, 0.2) is 43.0 Å². The molecular formula is C20H24N4S. The van der Waals surface area contributed by atoms with Crippen molar-refractivity contribution in [3.8, 4) is 0 Å². The van der Waals surface area contributed by atoms with Crippen LogP contribution >= 0.6 is 11.3 Å². The molecule has 0 fully saturated rings. The van der Waals surface area contributed by atoms with Crippen LogP contribution in [0.2, 0.25) is 0 Å². The average molecular weight is 353 g/mol. The van der Waals surface area contributed by atoms with Crippen LogP contribution in [0.5, 0.6) is 0 Å². The van der Waals surface area contributed by atoms with Crippen molar-refractivity contribution in [3.63, 3.8) is 0 Å². The number of pyridine rings is 1. The lowest BCUT2D eigenvalue weighted by Gasteiger charge is -2.34. The molecule has 4 heterocycles. The minimum absolute atomic E-state index is 0.208. The molecular weight excluding hydrogens is 328 g/mol. The lowest BCUT2D eigenvalue weighted by atomic mass is 9.96. The van der Waals surface area contributed by atoms with Crippen molar-refractivity contribution in [2.24, 2.45) is 0 Å². The highest BCUT2D eigenvalue weighted by Gasteiger charge is 2.31. The zero-order valence-corrected chi connectivity index (χ0v) is 15.4. The molecule has 0 bridgehead atoms. The number of hydrogen-bond donors (Lipinski definition) is 1. The molecule has 1 N–H and O–H groups in total. The molecule has 4 nitrogen and oxygen atoms in total. The van der Waals surface area contributed by atoms with Gasteiger partial charge in [-0.1, -0.05) is 13.3 Å². The van der Waals surface area contributed by atoms with E-state index in [4.69, 9.17) is 0 Å². The zero-order chi connectivity index (χ0) is 17.1. The molecule has 0 saturated carbocycles. The van der Waals surface area contributed by atoms with Crippen LogP contribution in [0.4, 0.5) is 0 Å². The van der Waals surface area contributed by atoms with E-state index in [9.17, 15) is 0 Å². The Morgan fingerprint density at radius 3 is 2.88 bits per heavy atom. The van der Waals surface area contributed by atoms with Crippen molar-refractivity contribution < 1.29 is 0 Å². The molecule has 3 aromatic rings. The number of H-pyrrole nitrogens is 1. The zero-order valence-electron chi connectivity index (χ0n) is 14.6. The number of aromatic amines is 1. The van der Waals surface area contributed by atoms with Crippen molar-refractivity contribution >= 4 is 11.3 Å². The third-order valence-corrected chi connectivity index (χ3v) is 6.03. The molecule has 130 valence electrons. The third kappa shape index (κ3) is 3.53. The normalized spacial score (nSPS) is 17.6. The lowest BCUT2D eigenvalue weighted by Crippen LogP contribution is -2.35. The van der Waals surface area contributed by atoms with Gasteiger partial charge in [-0.25, -0.2) is 4.98 Å². The Morgan fingerprint density at radius 2 is 2.04 bits per heavy atom. The van der Waals surface area contributed by atoms with Gasteiger partial charge in [0, 0.05) is 47.4 Å². The largest absolute Gasteiger partial charge is 0.348 e. The van der Waals surface area contributed by atoms with E-state index in [1.807, 2.05) is 30.1 Å². The van der Waals surface area contributed by atoms with E-state index in [1.54, 1.807) is 0 Å². The molecule has 1 atom stereocenters. The van der Waals surface area contributed by atoms with Crippen molar-refractivity contribution in [2.75, 3.05) is 6.54 Å². The number of nitrogens with zero attached hydrogens (tertiary/aromatic N) is 3. The minimum Gasteiger partial charge on any atom is -0.348 e. The van der Waals surface area contributed by atoms with E-state index >= 15 is 0 Å². The summed E-state index contributed by atoms with van der Waals surface area (Å²) in [5.41, 5.74) is 3.71. The predicted octanol–water partition coefficient (Wildman–Crippen LogP) is 4.36. The molecule has 3 aromatic heterocycles. The second-order valence-electron chi connectivity index (χ2n) is 6.64. The van der Waals surface area contributed by atoms with Crippen LogP contribution in [0.3, 0.4) is 0 Å². The molecule has 0 saturated heterocycles. The summed E-state index contributed by atoms with van der Waals surface area (Å²) in [5, 5.41) is 0. The van der Waals surface area contributed by atoms with Crippen LogP contribution in [-0.4, -0.2) is 26.4 Å². The summed E-state index contributed by atoms with van der Waals surface area (Å²) < 4.78 is 0. The summed E-state index contributed by atoms with van der Waals surface area (Å²) >= 11 is 1.96. The maximum atomic E-state index is 4.64. The number of rotatable bonds is 6. The Kier molecular flexibility index (Phi) is 4.95. The van der Waals surface area contributed by atoms with Gasteiger partial charge in [-0.15, -0.1) is 11.3 Å². The quantitative estimate of drug-likeness (QED) is 0.717. The van der Waals surface area contributed by atoms with Crippen molar-refractivity contribution in [1.29, 1.82) is 0 Å². The molecule has 4 rings (SSSR count). The van der Waals surface area contributed by atoms with Crippen LogP contribution in [0.1, 0.15) is 52.5 Å². The van der Waals surface area contributed by atoms with Crippen molar-refractivity contribution in [1.82, 2.24) is 19.9 Å². The average Bonchev–Trinajstić information content (AvgIpc) is 3.29. The Balaban J connectivity index is 1.58. The maximum Gasteiger partial charge on any atom is 0.0926 e. The Morgan fingerprint density at radius 1 is 1.20 bits per heavy atom. The van der Waals surface area contributed by atoms with Gasteiger partial charge in [-0.05, 0) is 42.7 Å². The predicted molar refractivity (Wildman–Crippen MR) is 102 cm³/mol. The molecule has 0 amide bonds. The smallest absolute Gasteiger partial charge is 0.0926 e. The highest BCUT2D eigenvalue weighted by Crippen LogP contribution is 2.35. The Labute approximate surface area is 153 Å². The first kappa shape index (κ1) is 16.5. The maximum absolute atomic E-state index is 4.64. The topological polar surface area (TPSA) is 44.8 Å². The number of aromatic nitrogens is 3. The van der Waals surface area contributed by atoms with Gasteiger partial charge in [-0.3, -0.25) is 9.88 Å². The highest BCUT2D eigenvalue weighted by atomic mass is 32.1. The van der Waals surface area contributed by atoms with Crippen molar-refractivity contribution in [2.45, 2.75) is 45.2 Å². The number of unbranched alkanes of at least 4 members (excludes halogenated alkanes) is 1. The molecule has 25 heavy (non-hydrogen) atoms. The fraction of sp³-hybridized carbons (Fsp3) is 0.400. The van der Waals surface area contributed by atoms with Gasteiger partial charge in [0.05, 0.1) is 18.1 Å². The van der Waals surface area contributed by atoms with Gasteiger partial charge in [0.2, 0.25) is 0 Å². The van der Waals surface area contributed by atoms with Crippen LogP contribution in [0, 0.1) is 0 Å². The fourth-order valence-corrected chi connectivity index (χ4v) is 4.69. The Bertz CT molecular complexity index is 808. The van der Waals surface area contributed by atoms with E-state index in [0.717, 1.165) is 19.5 Å². The summed E-state index contributed by atoms with van der Waals surface area (Å²) in [7, 11) is 0. The first-order valence-electron chi connectivity index (χ1n) is 9.09. The molecule has 0 aromatic carbocycles. The summed E-state index contributed by atoms with van der Waals surface area (Å²) in [6, 6.07) is 9.05. The SMILES string of the molecule is CCCCc1ccc(CN2CCc3[nH]cnc3[C@H]2c2ccncc2)s1. The molecule has 1 aliphatic heterocycles. The van der Waals surface area contributed by atoms with Gasteiger partial charge in [0.25, 0.3) is 0 Å². The number of nitrogens with one attached hydrogen (secondary N) is 1. The third-order valence-electron chi connectivity index (χ3n) is 4.90. The highest BCUT2D eigenvalue weighted by molar-refractivity contribution is 7.11. The van der Waals surface area contributed by atoms with E-state index in [-0.39, 0.29) is 6.04 Å². The number of fused-ring (bicyclic) bond motifs is 1. The molecule has 5 heteroatoms. The van der Waals surface area contributed by atoms with E-state index in [0.29, 0.717) is 0 Å².